The summed E-state index contributed by atoms with van der Waals surface area (Å²) in [4.78, 5) is 28.9. The van der Waals surface area contributed by atoms with Gasteiger partial charge in [-0.3, -0.25) is 9.59 Å². The molecule has 0 radical (unpaired) electrons. The number of nitrogens with one attached hydrogen (secondary N) is 1. The van der Waals surface area contributed by atoms with Gasteiger partial charge < -0.3 is 20.3 Å². The van der Waals surface area contributed by atoms with E-state index in [0.29, 0.717) is 33.2 Å². The van der Waals surface area contributed by atoms with Crippen LogP contribution < -0.4 is 10.1 Å². The molecule has 0 aliphatic rings. The number of pyridine rings is 1. The third kappa shape index (κ3) is 5.88. The molecule has 1 heterocycles. The number of amides is 1. The zero-order valence-electron chi connectivity index (χ0n) is 18.5. The number of aliphatic hydroxyl groups is 1. The summed E-state index contributed by atoms with van der Waals surface area (Å²) in [7, 11) is 1.50. The molecule has 1 unspecified atom stereocenters. The summed E-state index contributed by atoms with van der Waals surface area (Å²) in [6.45, 7) is 3.36. The van der Waals surface area contributed by atoms with E-state index in [4.69, 9.17) is 16.3 Å². The molecule has 0 spiro atoms. The number of nitrogens with zero attached hydrogens (tertiary/aromatic N) is 1. The highest BCUT2D eigenvalue weighted by atomic mass is 35.5. The molecule has 7 nitrogen and oxygen atoms in total. The number of carboxylic acids is 1. The summed E-state index contributed by atoms with van der Waals surface area (Å²) in [5, 5.41) is 22.8. The molecule has 3 N–H and O–H groups in total. The summed E-state index contributed by atoms with van der Waals surface area (Å²) < 4.78 is 5.43. The Balaban J connectivity index is 1.97. The normalized spacial score (nSPS) is 12.2. The van der Waals surface area contributed by atoms with Crippen LogP contribution in [0.2, 0.25) is 5.02 Å². The van der Waals surface area contributed by atoms with Crippen LogP contribution in [0, 0.1) is 0 Å². The first-order valence-corrected chi connectivity index (χ1v) is 10.6. The zero-order valence-corrected chi connectivity index (χ0v) is 19.3. The van der Waals surface area contributed by atoms with Gasteiger partial charge >= 0.3 is 5.97 Å². The lowest BCUT2D eigenvalue weighted by atomic mass is 9.95. The molecule has 1 amide bonds. The maximum absolute atomic E-state index is 13.0. The van der Waals surface area contributed by atoms with Gasteiger partial charge in [-0.15, -0.1) is 0 Å². The van der Waals surface area contributed by atoms with E-state index >= 15 is 0 Å². The van der Waals surface area contributed by atoms with E-state index in [9.17, 15) is 19.8 Å². The molecule has 3 rings (SSSR count). The first kappa shape index (κ1) is 24.2. The lowest BCUT2D eigenvalue weighted by Crippen LogP contribution is -2.31. The number of ether oxygens (including phenoxy) is 1. The summed E-state index contributed by atoms with van der Waals surface area (Å²) in [6.07, 6.45) is -0.341. The largest absolute Gasteiger partial charge is 0.494 e. The van der Waals surface area contributed by atoms with Gasteiger partial charge in [-0.25, -0.2) is 4.98 Å². The molecule has 0 saturated heterocycles. The van der Waals surface area contributed by atoms with Gasteiger partial charge in [0.1, 0.15) is 17.1 Å². The quantitative estimate of drug-likeness (QED) is 0.446. The molecule has 0 saturated carbocycles. The second-order valence-electron chi connectivity index (χ2n) is 8.03. The minimum absolute atomic E-state index is 0.0851. The summed E-state index contributed by atoms with van der Waals surface area (Å²) in [6, 6.07) is 16.2. The molecule has 8 heteroatoms. The van der Waals surface area contributed by atoms with E-state index in [1.165, 1.54) is 13.2 Å². The molecule has 1 aromatic heterocycles. The molecular weight excluding hydrogens is 444 g/mol. The SMILES string of the molecule is COc1ccc(C(=O)NC(CC(=O)O)c2ccccc2Cl)nc1-c1cccc(C(C)(C)O)c1. The topological polar surface area (TPSA) is 109 Å². The minimum Gasteiger partial charge on any atom is -0.494 e. The van der Waals surface area contributed by atoms with Crippen LogP contribution in [0.25, 0.3) is 11.3 Å². The van der Waals surface area contributed by atoms with Gasteiger partial charge in [0.15, 0.2) is 0 Å². The molecule has 0 aliphatic heterocycles. The first-order chi connectivity index (χ1) is 15.6. The van der Waals surface area contributed by atoms with Gasteiger partial charge in [0.25, 0.3) is 5.91 Å². The van der Waals surface area contributed by atoms with Gasteiger partial charge in [0.2, 0.25) is 0 Å². The highest BCUT2D eigenvalue weighted by Gasteiger charge is 2.23. The molecule has 1 atom stereocenters. The van der Waals surface area contributed by atoms with Crippen molar-refractivity contribution in [2.45, 2.75) is 31.9 Å². The average molecular weight is 469 g/mol. The Labute approximate surface area is 197 Å². The maximum Gasteiger partial charge on any atom is 0.305 e. The van der Waals surface area contributed by atoms with Crippen molar-refractivity contribution in [3.63, 3.8) is 0 Å². The Morgan fingerprint density at radius 1 is 1.12 bits per heavy atom. The second kappa shape index (κ2) is 10.0. The molecule has 3 aromatic rings. The molecular formula is C25H25ClN2O5. The number of halogens is 1. The standard InChI is InChI=1S/C25H25ClN2O5/c1-25(2,32)16-8-6-7-15(13-16)23-21(33-3)12-11-19(27-23)24(31)28-20(14-22(29)30)17-9-4-5-10-18(17)26/h4-13,20,32H,14H2,1-3H3,(H,28,31)(H,29,30). The monoisotopic (exact) mass is 468 g/mol. The Morgan fingerprint density at radius 3 is 2.48 bits per heavy atom. The number of carbonyl (C=O) groups is 2. The number of hydrogen-bond acceptors (Lipinski definition) is 5. The smallest absolute Gasteiger partial charge is 0.305 e. The van der Waals surface area contributed by atoms with E-state index < -0.39 is 23.5 Å². The van der Waals surface area contributed by atoms with Crippen LogP contribution in [-0.4, -0.2) is 34.2 Å². The molecule has 0 aliphatic carbocycles. The van der Waals surface area contributed by atoms with Crippen molar-refractivity contribution in [1.82, 2.24) is 10.3 Å². The van der Waals surface area contributed by atoms with Crippen molar-refractivity contribution in [1.29, 1.82) is 0 Å². The van der Waals surface area contributed by atoms with Crippen LogP contribution in [0.3, 0.4) is 0 Å². The van der Waals surface area contributed by atoms with Gasteiger partial charge in [-0.2, -0.15) is 0 Å². The van der Waals surface area contributed by atoms with Gasteiger partial charge in [-0.05, 0) is 49.2 Å². The van der Waals surface area contributed by atoms with Crippen LogP contribution in [0.1, 0.15) is 47.9 Å². The van der Waals surface area contributed by atoms with Crippen LogP contribution in [-0.2, 0) is 10.4 Å². The molecule has 0 fully saturated rings. The van der Waals surface area contributed by atoms with Crippen molar-refractivity contribution in [3.05, 3.63) is 82.5 Å². The van der Waals surface area contributed by atoms with Gasteiger partial charge in [-0.1, -0.05) is 48.0 Å². The predicted molar refractivity (Wildman–Crippen MR) is 125 cm³/mol. The van der Waals surface area contributed by atoms with E-state index in [-0.39, 0.29) is 12.1 Å². The van der Waals surface area contributed by atoms with Crippen LogP contribution >= 0.6 is 11.6 Å². The number of rotatable bonds is 8. The van der Waals surface area contributed by atoms with Gasteiger partial charge in [0, 0.05) is 10.6 Å². The third-order valence-electron chi connectivity index (χ3n) is 5.12. The number of benzene rings is 2. The van der Waals surface area contributed by atoms with Crippen LogP contribution in [0.5, 0.6) is 5.75 Å². The van der Waals surface area contributed by atoms with E-state index in [1.807, 2.05) is 0 Å². The van der Waals surface area contributed by atoms with Crippen LogP contribution in [0.15, 0.2) is 60.7 Å². The lowest BCUT2D eigenvalue weighted by Gasteiger charge is -2.20. The molecule has 172 valence electrons. The third-order valence-corrected chi connectivity index (χ3v) is 5.46. The second-order valence-corrected chi connectivity index (χ2v) is 8.44. The number of carbonyl (C=O) groups excluding carboxylic acids is 1. The van der Waals surface area contributed by atoms with E-state index in [1.54, 1.807) is 68.4 Å². The average Bonchev–Trinajstić information content (AvgIpc) is 2.77. The Kier molecular flexibility index (Phi) is 7.36. The van der Waals surface area contributed by atoms with Crippen molar-refractivity contribution < 1.29 is 24.5 Å². The summed E-state index contributed by atoms with van der Waals surface area (Å²) >= 11 is 6.23. The highest BCUT2D eigenvalue weighted by molar-refractivity contribution is 6.31. The maximum atomic E-state index is 13.0. The predicted octanol–water partition coefficient (Wildman–Crippen LogP) is 4.58. The lowest BCUT2D eigenvalue weighted by molar-refractivity contribution is -0.137. The molecule has 2 aromatic carbocycles. The van der Waals surface area contributed by atoms with E-state index in [0.717, 1.165) is 0 Å². The van der Waals surface area contributed by atoms with Crippen molar-refractivity contribution in [2.24, 2.45) is 0 Å². The molecule has 33 heavy (non-hydrogen) atoms. The Bertz CT molecular complexity index is 1170. The zero-order chi connectivity index (χ0) is 24.2. The fraction of sp³-hybridized carbons (Fsp3) is 0.240. The Hall–Kier alpha value is -3.42. The number of hydrogen-bond donors (Lipinski definition) is 3. The summed E-state index contributed by atoms with van der Waals surface area (Å²) in [5.74, 6) is -1.18. The van der Waals surface area contributed by atoms with Gasteiger partial charge in [0.05, 0.1) is 25.2 Å². The number of aromatic nitrogens is 1. The van der Waals surface area contributed by atoms with Crippen molar-refractivity contribution in [3.8, 4) is 17.0 Å². The highest BCUT2D eigenvalue weighted by Crippen LogP contribution is 2.32. The minimum atomic E-state index is -1.08. The fourth-order valence-electron chi connectivity index (χ4n) is 3.39. The fourth-order valence-corrected chi connectivity index (χ4v) is 3.66. The number of aliphatic carboxylic acids is 1. The Morgan fingerprint density at radius 2 is 1.85 bits per heavy atom. The summed E-state index contributed by atoms with van der Waals surface area (Å²) in [5.41, 5.74) is 1.29. The van der Waals surface area contributed by atoms with Crippen LogP contribution in [0.4, 0.5) is 0 Å². The first-order valence-electron chi connectivity index (χ1n) is 10.3. The van der Waals surface area contributed by atoms with Crippen molar-refractivity contribution in [2.75, 3.05) is 7.11 Å². The van der Waals surface area contributed by atoms with Crippen molar-refractivity contribution >= 4 is 23.5 Å². The number of methoxy groups -OCH3 is 1. The number of carboxylic acid groups (broad SMARTS) is 1. The van der Waals surface area contributed by atoms with E-state index in [2.05, 4.69) is 10.3 Å². The molecule has 0 bridgehead atoms.